The van der Waals surface area contributed by atoms with E-state index >= 15 is 0 Å². The van der Waals surface area contributed by atoms with Gasteiger partial charge in [0.05, 0.1) is 0 Å². The van der Waals surface area contributed by atoms with Crippen molar-refractivity contribution in [2.45, 2.75) is 17.9 Å². The van der Waals surface area contributed by atoms with Gasteiger partial charge in [-0.1, -0.05) is 35.5 Å². The number of benzene rings is 2. The van der Waals surface area contributed by atoms with Gasteiger partial charge in [0.2, 0.25) is 17.6 Å². The van der Waals surface area contributed by atoms with Crippen LogP contribution in [-0.2, 0) is 20.4 Å². The zero-order chi connectivity index (χ0) is 20.3. The number of anilines is 1. The molecule has 0 saturated carbocycles. The minimum Gasteiger partial charge on any atom is -0.338 e. The summed E-state index contributed by atoms with van der Waals surface area (Å²) in [6, 6.07) is 11.5. The Hall–Kier alpha value is -3.14. The van der Waals surface area contributed by atoms with Crippen LogP contribution in [0.4, 0.5) is 14.5 Å². The first-order valence-electron chi connectivity index (χ1n) is 8.12. The predicted molar refractivity (Wildman–Crippen MR) is 96.8 cm³/mol. The average molecular weight is 407 g/mol. The Morgan fingerprint density at radius 1 is 1.14 bits per heavy atom. The molecule has 10 heteroatoms. The maximum Gasteiger partial charge on any atom is 0.242 e. The minimum absolute atomic E-state index is 0.0601. The van der Waals surface area contributed by atoms with Gasteiger partial charge in [0.15, 0.2) is 21.5 Å². The third kappa shape index (κ3) is 4.39. The maximum absolute atomic E-state index is 13.2. The standard InChI is InChI=1S/C18H15F2N3O4S/c1-11(18(24)21-13-7-8-14(19)15(20)9-13)28(25,26)10-16-22-17(23-27-16)12-5-3-2-4-6-12/h2-9,11H,10H2,1H3,(H,21,24)/t11-/m0/s1. The van der Waals surface area contributed by atoms with E-state index in [9.17, 15) is 22.0 Å². The van der Waals surface area contributed by atoms with Crippen molar-refractivity contribution in [2.75, 3.05) is 5.32 Å². The number of carbonyl (C=O) groups is 1. The topological polar surface area (TPSA) is 102 Å². The summed E-state index contributed by atoms with van der Waals surface area (Å²) in [5.41, 5.74) is 0.592. The molecule has 0 unspecified atom stereocenters. The molecule has 1 N–H and O–H groups in total. The van der Waals surface area contributed by atoms with E-state index in [4.69, 9.17) is 4.52 Å². The van der Waals surface area contributed by atoms with Crippen LogP contribution < -0.4 is 5.32 Å². The molecule has 146 valence electrons. The molecular formula is C18H15F2N3O4S. The Morgan fingerprint density at radius 3 is 2.54 bits per heavy atom. The van der Waals surface area contributed by atoms with Crippen LogP contribution >= 0.6 is 0 Å². The number of nitrogens with zero attached hydrogens (tertiary/aromatic N) is 2. The van der Waals surface area contributed by atoms with Gasteiger partial charge in [-0.3, -0.25) is 4.79 Å². The first kappa shape index (κ1) is 19.6. The first-order chi connectivity index (χ1) is 13.3. The molecule has 1 amide bonds. The van der Waals surface area contributed by atoms with Crippen LogP contribution in [0.5, 0.6) is 0 Å². The van der Waals surface area contributed by atoms with E-state index in [-0.39, 0.29) is 17.4 Å². The van der Waals surface area contributed by atoms with Crippen molar-refractivity contribution < 1.29 is 26.5 Å². The molecule has 1 atom stereocenters. The fourth-order valence-electron chi connectivity index (χ4n) is 2.30. The molecule has 1 heterocycles. The average Bonchev–Trinajstić information content (AvgIpc) is 3.12. The Kier molecular flexibility index (Phi) is 5.50. The number of carbonyl (C=O) groups excluding carboxylic acids is 1. The number of amides is 1. The van der Waals surface area contributed by atoms with E-state index in [1.807, 2.05) is 6.07 Å². The van der Waals surface area contributed by atoms with E-state index in [2.05, 4.69) is 15.5 Å². The van der Waals surface area contributed by atoms with Crippen LogP contribution in [0.25, 0.3) is 11.4 Å². The zero-order valence-electron chi connectivity index (χ0n) is 14.6. The van der Waals surface area contributed by atoms with Gasteiger partial charge in [-0.2, -0.15) is 4.98 Å². The number of aromatic nitrogens is 2. The van der Waals surface area contributed by atoms with Crippen molar-refractivity contribution in [1.29, 1.82) is 0 Å². The lowest BCUT2D eigenvalue weighted by atomic mass is 10.2. The summed E-state index contributed by atoms with van der Waals surface area (Å²) in [6.45, 7) is 1.18. The fourth-order valence-corrected chi connectivity index (χ4v) is 3.39. The van der Waals surface area contributed by atoms with Gasteiger partial charge in [-0.25, -0.2) is 17.2 Å². The highest BCUT2D eigenvalue weighted by Gasteiger charge is 2.30. The number of sulfone groups is 1. The number of nitrogens with one attached hydrogen (secondary N) is 1. The quantitative estimate of drug-likeness (QED) is 0.674. The summed E-state index contributed by atoms with van der Waals surface area (Å²) in [7, 11) is -4.00. The highest BCUT2D eigenvalue weighted by atomic mass is 32.2. The van der Waals surface area contributed by atoms with E-state index in [0.717, 1.165) is 18.2 Å². The molecular weight excluding hydrogens is 392 g/mol. The van der Waals surface area contributed by atoms with Crippen LogP contribution in [0.15, 0.2) is 53.1 Å². The SMILES string of the molecule is C[C@@H](C(=O)Nc1ccc(F)c(F)c1)S(=O)(=O)Cc1nc(-c2ccccc2)no1. The van der Waals surface area contributed by atoms with Crippen molar-refractivity contribution in [3.8, 4) is 11.4 Å². The van der Waals surface area contributed by atoms with Gasteiger partial charge in [-0.05, 0) is 19.1 Å². The highest BCUT2D eigenvalue weighted by Crippen LogP contribution is 2.18. The first-order valence-corrected chi connectivity index (χ1v) is 9.83. The zero-order valence-corrected chi connectivity index (χ0v) is 15.4. The molecule has 0 fully saturated rings. The Labute approximate surface area is 159 Å². The normalized spacial score (nSPS) is 12.5. The Morgan fingerprint density at radius 2 is 1.86 bits per heavy atom. The summed E-state index contributed by atoms with van der Waals surface area (Å²) in [5, 5.41) is 4.49. The molecule has 0 saturated heterocycles. The van der Waals surface area contributed by atoms with Gasteiger partial charge < -0.3 is 9.84 Å². The molecule has 3 rings (SSSR count). The third-order valence-electron chi connectivity index (χ3n) is 3.92. The van der Waals surface area contributed by atoms with E-state index in [0.29, 0.717) is 5.56 Å². The van der Waals surface area contributed by atoms with Crippen LogP contribution in [0.1, 0.15) is 12.8 Å². The van der Waals surface area contributed by atoms with Crippen molar-refractivity contribution in [3.63, 3.8) is 0 Å². The van der Waals surface area contributed by atoms with Crippen LogP contribution in [-0.4, -0.2) is 29.7 Å². The number of rotatable bonds is 6. The van der Waals surface area contributed by atoms with Crippen molar-refractivity contribution in [1.82, 2.24) is 10.1 Å². The molecule has 1 aromatic heterocycles. The van der Waals surface area contributed by atoms with Crippen molar-refractivity contribution in [2.24, 2.45) is 0 Å². The summed E-state index contributed by atoms with van der Waals surface area (Å²) >= 11 is 0. The molecule has 0 radical (unpaired) electrons. The molecule has 0 spiro atoms. The van der Waals surface area contributed by atoms with E-state index in [1.54, 1.807) is 24.3 Å². The molecule has 2 aromatic carbocycles. The molecule has 0 aliphatic heterocycles. The lowest BCUT2D eigenvalue weighted by molar-refractivity contribution is -0.115. The predicted octanol–water partition coefficient (Wildman–Crippen LogP) is 2.96. The summed E-state index contributed by atoms with van der Waals surface area (Å²) in [6.07, 6.45) is 0. The fraction of sp³-hybridized carbons (Fsp3) is 0.167. The summed E-state index contributed by atoms with van der Waals surface area (Å²) in [4.78, 5) is 16.2. The maximum atomic E-state index is 13.2. The second-order valence-corrected chi connectivity index (χ2v) is 8.27. The van der Waals surface area contributed by atoms with Gasteiger partial charge in [0.25, 0.3) is 0 Å². The van der Waals surface area contributed by atoms with Gasteiger partial charge >= 0.3 is 0 Å². The lowest BCUT2D eigenvalue weighted by Crippen LogP contribution is -2.33. The smallest absolute Gasteiger partial charge is 0.242 e. The molecule has 7 nitrogen and oxygen atoms in total. The molecule has 28 heavy (non-hydrogen) atoms. The molecule has 0 bridgehead atoms. The van der Waals surface area contributed by atoms with Crippen molar-refractivity contribution in [3.05, 3.63) is 66.1 Å². The summed E-state index contributed by atoms with van der Waals surface area (Å²) < 4.78 is 56.1. The van der Waals surface area contributed by atoms with Gasteiger partial charge in [-0.15, -0.1) is 0 Å². The van der Waals surface area contributed by atoms with E-state index in [1.165, 1.54) is 6.92 Å². The van der Waals surface area contributed by atoms with Crippen LogP contribution in [0.2, 0.25) is 0 Å². The van der Waals surface area contributed by atoms with E-state index < -0.39 is 38.4 Å². The van der Waals surface area contributed by atoms with Crippen molar-refractivity contribution >= 4 is 21.4 Å². The number of halogens is 2. The molecule has 0 aliphatic rings. The second-order valence-electron chi connectivity index (χ2n) is 5.95. The Balaban J connectivity index is 1.70. The summed E-state index contributed by atoms with van der Waals surface area (Å²) in [5.74, 6) is -3.71. The minimum atomic E-state index is -4.00. The largest absolute Gasteiger partial charge is 0.338 e. The third-order valence-corrected chi connectivity index (χ3v) is 5.86. The number of hydrogen-bond acceptors (Lipinski definition) is 6. The monoisotopic (exact) mass is 407 g/mol. The lowest BCUT2D eigenvalue weighted by Gasteiger charge is -2.12. The van der Waals surface area contributed by atoms with Gasteiger partial charge in [0.1, 0.15) is 11.0 Å². The van der Waals surface area contributed by atoms with Crippen LogP contribution in [0, 0.1) is 11.6 Å². The second kappa shape index (κ2) is 7.85. The highest BCUT2D eigenvalue weighted by molar-refractivity contribution is 7.92. The molecule has 0 aliphatic carbocycles. The number of hydrogen-bond donors (Lipinski definition) is 1. The molecule has 3 aromatic rings. The van der Waals surface area contributed by atoms with Crippen LogP contribution in [0.3, 0.4) is 0 Å². The van der Waals surface area contributed by atoms with Gasteiger partial charge in [0, 0.05) is 17.3 Å². The Bertz CT molecular complexity index is 1100.